The van der Waals surface area contributed by atoms with Gasteiger partial charge in [0.05, 0.1) is 0 Å². The molecule has 9 aromatic carbocycles. The number of anilines is 2. The van der Waals surface area contributed by atoms with Crippen LogP contribution in [0.25, 0.3) is 66.8 Å². The predicted octanol–water partition coefficient (Wildman–Crippen LogP) is 16.6. The highest BCUT2D eigenvalue weighted by molar-refractivity contribution is 5.88. The second kappa shape index (κ2) is 17.1. The van der Waals surface area contributed by atoms with Gasteiger partial charge in [0.1, 0.15) is 0 Å². The SMILES string of the molecule is CC1(c2ccc(-c3ccccc3)cc2)C=CC(N(c2ccc(-c3ccc(-c4ccccc4)cc3)cc2)c2ccc(-c3ccc(-c4ccccc4)cc3)c(-c3ccccc3)c2)=CC1. The van der Waals surface area contributed by atoms with Crippen LogP contribution in [0.4, 0.5) is 11.4 Å². The van der Waals surface area contributed by atoms with E-state index in [2.05, 4.69) is 267 Å². The Balaban J connectivity index is 1.02. The van der Waals surface area contributed by atoms with Crippen molar-refractivity contribution in [2.24, 2.45) is 0 Å². The Morgan fingerprint density at radius 3 is 1.13 bits per heavy atom. The van der Waals surface area contributed by atoms with Crippen LogP contribution in [0.2, 0.25) is 0 Å². The summed E-state index contributed by atoms with van der Waals surface area (Å²) in [7, 11) is 0. The fourth-order valence-electron chi connectivity index (χ4n) is 8.76. The smallest absolute Gasteiger partial charge is 0.0468 e. The summed E-state index contributed by atoms with van der Waals surface area (Å²) in [6.45, 7) is 2.35. The number of hydrogen-bond donors (Lipinski definition) is 0. The first-order valence-corrected chi connectivity index (χ1v) is 21.5. The molecular weight excluding hydrogens is 747 g/mol. The Morgan fingerprint density at radius 1 is 0.339 bits per heavy atom. The topological polar surface area (TPSA) is 3.24 Å². The summed E-state index contributed by atoms with van der Waals surface area (Å²) in [6, 6.07) is 85.6. The lowest BCUT2D eigenvalue weighted by Crippen LogP contribution is -2.24. The van der Waals surface area contributed by atoms with Crippen molar-refractivity contribution in [1.82, 2.24) is 0 Å². The van der Waals surface area contributed by atoms with Crippen LogP contribution < -0.4 is 4.90 Å². The Kier molecular flexibility index (Phi) is 10.6. The van der Waals surface area contributed by atoms with Crippen molar-refractivity contribution >= 4 is 11.4 Å². The minimum atomic E-state index is -0.134. The van der Waals surface area contributed by atoms with Gasteiger partial charge >= 0.3 is 0 Å². The molecule has 0 amide bonds. The van der Waals surface area contributed by atoms with E-state index in [1.165, 1.54) is 72.3 Å². The fraction of sp³-hybridized carbons (Fsp3) is 0.0492. The van der Waals surface area contributed by atoms with Crippen molar-refractivity contribution in [3.05, 3.63) is 266 Å². The molecule has 9 aromatic rings. The van der Waals surface area contributed by atoms with Crippen LogP contribution in [-0.4, -0.2) is 0 Å². The van der Waals surface area contributed by atoms with E-state index in [4.69, 9.17) is 0 Å². The predicted molar refractivity (Wildman–Crippen MR) is 263 cm³/mol. The van der Waals surface area contributed by atoms with Crippen molar-refractivity contribution in [3.8, 4) is 66.8 Å². The Labute approximate surface area is 366 Å². The summed E-state index contributed by atoms with van der Waals surface area (Å²) in [5.41, 5.74) is 19.1. The molecule has 0 radical (unpaired) electrons. The van der Waals surface area contributed by atoms with E-state index in [1.54, 1.807) is 0 Å². The molecule has 0 saturated carbocycles. The molecule has 0 bridgehead atoms. The first kappa shape index (κ1) is 38.5. The molecule has 1 unspecified atom stereocenters. The van der Waals surface area contributed by atoms with Crippen LogP contribution in [-0.2, 0) is 5.41 Å². The third-order valence-corrected chi connectivity index (χ3v) is 12.4. The molecule has 1 nitrogen and oxygen atoms in total. The van der Waals surface area contributed by atoms with Gasteiger partial charge in [0.25, 0.3) is 0 Å². The van der Waals surface area contributed by atoms with Crippen LogP contribution in [0, 0.1) is 0 Å². The van der Waals surface area contributed by atoms with Gasteiger partial charge < -0.3 is 4.90 Å². The number of rotatable bonds is 10. The largest absolute Gasteiger partial charge is 0.311 e. The van der Waals surface area contributed by atoms with Gasteiger partial charge in [-0.1, -0.05) is 231 Å². The van der Waals surface area contributed by atoms with Crippen molar-refractivity contribution in [2.45, 2.75) is 18.8 Å². The lowest BCUT2D eigenvalue weighted by Gasteiger charge is -2.34. The van der Waals surface area contributed by atoms with E-state index in [0.717, 1.165) is 23.5 Å². The molecular formula is C61H47N. The molecule has 1 heteroatoms. The standard InChI is InChI=1S/C61H47N/c1-61(55-34-30-51(31-35-55)47-18-10-4-11-19-47)42-40-57(41-43-61)62(56-36-32-52(33-37-56)50-24-22-48(23-25-50)45-14-6-2-7-15-45)58-38-39-59(60(44-58)53-20-12-5-13-21-53)54-28-26-49(27-29-54)46-16-8-3-9-17-46/h2-42,44H,43H2,1H3. The molecule has 62 heavy (non-hydrogen) atoms. The van der Waals surface area contributed by atoms with Gasteiger partial charge in [-0.15, -0.1) is 0 Å². The van der Waals surface area contributed by atoms with Crippen molar-refractivity contribution < 1.29 is 0 Å². The third-order valence-electron chi connectivity index (χ3n) is 12.4. The highest BCUT2D eigenvalue weighted by atomic mass is 15.1. The Hall–Kier alpha value is -7.74. The van der Waals surface area contributed by atoms with Crippen LogP contribution in [0.5, 0.6) is 0 Å². The summed E-state index contributed by atoms with van der Waals surface area (Å²) in [4.78, 5) is 2.42. The summed E-state index contributed by atoms with van der Waals surface area (Å²) >= 11 is 0. The molecule has 0 spiro atoms. The molecule has 1 aliphatic rings. The normalized spacial score (nSPS) is 14.6. The second-order valence-electron chi connectivity index (χ2n) is 16.4. The van der Waals surface area contributed by atoms with E-state index >= 15 is 0 Å². The molecule has 1 aliphatic carbocycles. The quantitative estimate of drug-likeness (QED) is 0.133. The molecule has 1 atom stereocenters. The number of hydrogen-bond acceptors (Lipinski definition) is 1. The lowest BCUT2D eigenvalue weighted by molar-refractivity contribution is 0.595. The van der Waals surface area contributed by atoms with Gasteiger partial charge in [0.2, 0.25) is 0 Å². The van der Waals surface area contributed by atoms with Crippen LogP contribution >= 0.6 is 0 Å². The maximum absolute atomic E-state index is 2.42. The highest BCUT2D eigenvalue weighted by Gasteiger charge is 2.27. The summed E-state index contributed by atoms with van der Waals surface area (Å²) in [5, 5.41) is 0. The van der Waals surface area contributed by atoms with Gasteiger partial charge in [-0.05, 0) is 109 Å². The molecule has 0 aromatic heterocycles. The van der Waals surface area contributed by atoms with E-state index in [9.17, 15) is 0 Å². The van der Waals surface area contributed by atoms with Gasteiger partial charge in [-0.3, -0.25) is 0 Å². The lowest BCUT2D eigenvalue weighted by atomic mass is 9.76. The van der Waals surface area contributed by atoms with Crippen molar-refractivity contribution in [2.75, 3.05) is 4.90 Å². The second-order valence-corrected chi connectivity index (χ2v) is 16.4. The Bertz CT molecular complexity index is 2970. The summed E-state index contributed by atoms with van der Waals surface area (Å²) in [5.74, 6) is 0. The summed E-state index contributed by atoms with van der Waals surface area (Å²) < 4.78 is 0. The molecule has 296 valence electrons. The fourth-order valence-corrected chi connectivity index (χ4v) is 8.76. The molecule has 0 aliphatic heterocycles. The number of allylic oxidation sites excluding steroid dienone is 3. The number of nitrogens with zero attached hydrogens (tertiary/aromatic N) is 1. The van der Waals surface area contributed by atoms with Crippen LogP contribution in [0.15, 0.2) is 261 Å². The van der Waals surface area contributed by atoms with Gasteiger partial charge in [0.15, 0.2) is 0 Å². The average molecular weight is 794 g/mol. The minimum Gasteiger partial charge on any atom is -0.311 e. The molecule has 0 N–H and O–H groups in total. The van der Waals surface area contributed by atoms with Gasteiger partial charge in [-0.25, -0.2) is 0 Å². The first-order chi connectivity index (χ1) is 30.6. The van der Waals surface area contributed by atoms with E-state index in [-0.39, 0.29) is 5.41 Å². The zero-order valence-corrected chi connectivity index (χ0v) is 34.9. The van der Waals surface area contributed by atoms with Gasteiger partial charge in [-0.2, -0.15) is 0 Å². The zero-order chi connectivity index (χ0) is 41.7. The number of benzene rings is 9. The van der Waals surface area contributed by atoms with Crippen LogP contribution in [0.1, 0.15) is 18.9 Å². The zero-order valence-electron chi connectivity index (χ0n) is 34.9. The summed E-state index contributed by atoms with van der Waals surface area (Å²) in [6.07, 6.45) is 8.02. The van der Waals surface area contributed by atoms with E-state index in [0.29, 0.717) is 0 Å². The maximum atomic E-state index is 2.42. The molecule has 0 fully saturated rings. The average Bonchev–Trinajstić information content (AvgIpc) is 3.36. The molecule has 0 saturated heterocycles. The maximum Gasteiger partial charge on any atom is 0.0468 e. The van der Waals surface area contributed by atoms with E-state index < -0.39 is 0 Å². The molecule has 0 heterocycles. The Morgan fingerprint density at radius 2 is 0.694 bits per heavy atom. The van der Waals surface area contributed by atoms with Crippen molar-refractivity contribution in [3.63, 3.8) is 0 Å². The molecule has 10 rings (SSSR count). The highest BCUT2D eigenvalue weighted by Crippen LogP contribution is 2.43. The first-order valence-electron chi connectivity index (χ1n) is 21.5. The van der Waals surface area contributed by atoms with E-state index in [1.807, 2.05) is 0 Å². The third kappa shape index (κ3) is 7.97. The monoisotopic (exact) mass is 793 g/mol. The van der Waals surface area contributed by atoms with Crippen LogP contribution in [0.3, 0.4) is 0 Å². The minimum absolute atomic E-state index is 0.134. The van der Waals surface area contributed by atoms with Gasteiger partial charge in [0, 0.05) is 22.5 Å². The van der Waals surface area contributed by atoms with Crippen molar-refractivity contribution in [1.29, 1.82) is 0 Å².